The van der Waals surface area contributed by atoms with Crippen molar-refractivity contribution in [1.29, 1.82) is 5.26 Å². The first-order valence-corrected chi connectivity index (χ1v) is 7.58. The number of carbonyl (C=O) groups excluding carboxylic acids is 1. The van der Waals surface area contributed by atoms with E-state index in [1.165, 1.54) is 11.8 Å². The summed E-state index contributed by atoms with van der Waals surface area (Å²) in [6, 6.07) is 3.88. The minimum Gasteiger partial charge on any atom is -0.310 e. The Morgan fingerprint density at radius 1 is 1.41 bits per heavy atom. The zero-order chi connectivity index (χ0) is 16.3. The molecule has 0 atom stereocenters. The van der Waals surface area contributed by atoms with Crippen molar-refractivity contribution in [3.63, 3.8) is 0 Å². The number of carbonyl (C=O) groups is 1. The fourth-order valence-corrected chi connectivity index (χ4v) is 2.83. The Balaban J connectivity index is 2.06. The molecule has 0 saturated heterocycles. The summed E-state index contributed by atoms with van der Waals surface area (Å²) in [6.07, 6.45) is 0. The highest BCUT2D eigenvalue weighted by Crippen LogP contribution is 2.22. The third kappa shape index (κ3) is 3.62. The van der Waals surface area contributed by atoms with Crippen molar-refractivity contribution in [2.45, 2.75) is 25.8 Å². The molecule has 2 heterocycles. The average Bonchev–Trinajstić information content (AvgIpc) is 2.74. The molecule has 0 saturated carbocycles. The maximum absolute atomic E-state index is 12.0. The van der Waals surface area contributed by atoms with E-state index in [9.17, 15) is 10.1 Å². The Morgan fingerprint density at radius 3 is 2.73 bits per heavy atom. The Kier molecular flexibility index (Phi) is 4.78. The molecule has 0 aliphatic heterocycles. The van der Waals surface area contributed by atoms with Gasteiger partial charge in [0, 0.05) is 13.1 Å². The lowest BCUT2D eigenvalue weighted by Gasteiger charge is -2.07. The van der Waals surface area contributed by atoms with Crippen LogP contribution in [0.3, 0.4) is 0 Å². The lowest BCUT2D eigenvalue weighted by molar-refractivity contribution is -0.113. The predicted octanol–water partition coefficient (Wildman–Crippen LogP) is 1.74. The summed E-state index contributed by atoms with van der Waals surface area (Å²) in [7, 11) is 1.76. The SMILES string of the molecule is Cc1cc(NC(=O)CSc2nc(C)nc(C)c2C#N)n(C)n1. The van der Waals surface area contributed by atoms with Crippen LogP contribution >= 0.6 is 11.8 Å². The Labute approximate surface area is 132 Å². The number of aromatic nitrogens is 4. The number of anilines is 1. The highest BCUT2D eigenvalue weighted by Gasteiger charge is 2.13. The molecule has 2 rings (SSSR count). The van der Waals surface area contributed by atoms with Gasteiger partial charge in [-0.3, -0.25) is 9.48 Å². The van der Waals surface area contributed by atoms with Crippen molar-refractivity contribution in [1.82, 2.24) is 19.7 Å². The molecule has 22 heavy (non-hydrogen) atoms. The fraction of sp³-hybridized carbons (Fsp3) is 0.357. The summed E-state index contributed by atoms with van der Waals surface area (Å²) in [5.74, 6) is 1.21. The monoisotopic (exact) mass is 316 g/mol. The van der Waals surface area contributed by atoms with Gasteiger partial charge in [-0.05, 0) is 20.8 Å². The van der Waals surface area contributed by atoms with E-state index in [2.05, 4.69) is 26.5 Å². The summed E-state index contributed by atoms with van der Waals surface area (Å²) in [5.41, 5.74) is 1.87. The van der Waals surface area contributed by atoms with E-state index in [4.69, 9.17) is 0 Å². The van der Waals surface area contributed by atoms with E-state index >= 15 is 0 Å². The summed E-state index contributed by atoms with van der Waals surface area (Å²) in [6.45, 7) is 5.38. The normalized spacial score (nSPS) is 10.3. The number of nitrogens with one attached hydrogen (secondary N) is 1. The molecule has 0 bridgehead atoms. The van der Waals surface area contributed by atoms with Gasteiger partial charge in [-0.15, -0.1) is 0 Å². The fourth-order valence-electron chi connectivity index (χ4n) is 1.95. The second kappa shape index (κ2) is 6.58. The number of rotatable bonds is 4. The molecule has 2 aromatic heterocycles. The largest absolute Gasteiger partial charge is 0.310 e. The van der Waals surface area contributed by atoms with Crippen molar-refractivity contribution >= 4 is 23.5 Å². The van der Waals surface area contributed by atoms with Crippen LogP contribution in [0.5, 0.6) is 0 Å². The van der Waals surface area contributed by atoms with Crippen LogP contribution in [0.15, 0.2) is 11.1 Å². The van der Waals surface area contributed by atoms with Crippen molar-refractivity contribution in [3.05, 3.63) is 28.8 Å². The van der Waals surface area contributed by atoms with Crippen molar-refractivity contribution in [2.24, 2.45) is 7.05 Å². The first-order valence-electron chi connectivity index (χ1n) is 6.59. The molecule has 0 aromatic carbocycles. The smallest absolute Gasteiger partial charge is 0.235 e. The van der Waals surface area contributed by atoms with Crippen molar-refractivity contribution in [2.75, 3.05) is 11.1 Å². The van der Waals surface area contributed by atoms with Crippen LogP contribution in [0.4, 0.5) is 5.82 Å². The number of amides is 1. The van der Waals surface area contributed by atoms with E-state index in [1.54, 1.807) is 31.6 Å². The number of thioether (sulfide) groups is 1. The topological polar surface area (TPSA) is 96.5 Å². The molecule has 1 N–H and O–H groups in total. The predicted molar refractivity (Wildman–Crippen MR) is 83.5 cm³/mol. The maximum atomic E-state index is 12.0. The minimum atomic E-state index is -0.175. The van der Waals surface area contributed by atoms with E-state index in [-0.39, 0.29) is 11.7 Å². The molecule has 1 amide bonds. The van der Waals surface area contributed by atoms with Crippen LogP contribution < -0.4 is 5.32 Å². The highest BCUT2D eigenvalue weighted by atomic mass is 32.2. The lowest BCUT2D eigenvalue weighted by atomic mass is 10.3. The number of aryl methyl sites for hydroxylation is 4. The summed E-state index contributed by atoms with van der Waals surface area (Å²) in [5, 5.41) is 16.7. The molecule has 0 fully saturated rings. The Hall–Kier alpha value is -2.40. The van der Waals surface area contributed by atoms with Gasteiger partial charge in [-0.25, -0.2) is 9.97 Å². The van der Waals surface area contributed by atoms with Gasteiger partial charge in [0.1, 0.15) is 28.3 Å². The van der Waals surface area contributed by atoms with Crippen LogP contribution in [-0.4, -0.2) is 31.4 Å². The minimum absolute atomic E-state index is 0.162. The third-order valence-electron chi connectivity index (χ3n) is 2.89. The number of hydrogen-bond acceptors (Lipinski definition) is 6. The second-order valence-corrected chi connectivity index (χ2v) is 5.74. The number of nitrogens with zero attached hydrogens (tertiary/aromatic N) is 5. The van der Waals surface area contributed by atoms with E-state index < -0.39 is 0 Å². The lowest BCUT2D eigenvalue weighted by Crippen LogP contribution is -2.16. The molecular formula is C14H16N6OS. The van der Waals surface area contributed by atoms with Crippen LogP contribution in [-0.2, 0) is 11.8 Å². The van der Waals surface area contributed by atoms with Crippen molar-refractivity contribution in [3.8, 4) is 6.07 Å². The van der Waals surface area contributed by atoms with Gasteiger partial charge >= 0.3 is 0 Å². The first kappa shape index (κ1) is 16.0. The average molecular weight is 316 g/mol. The van der Waals surface area contributed by atoms with Crippen molar-refractivity contribution < 1.29 is 4.79 Å². The van der Waals surface area contributed by atoms with Crippen LogP contribution in [0, 0.1) is 32.1 Å². The molecule has 8 heteroatoms. The molecule has 0 radical (unpaired) electrons. The summed E-state index contributed by atoms with van der Waals surface area (Å²) >= 11 is 1.22. The van der Waals surface area contributed by atoms with Gasteiger partial charge in [0.15, 0.2) is 0 Å². The van der Waals surface area contributed by atoms with Gasteiger partial charge in [0.2, 0.25) is 5.91 Å². The van der Waals surface area contributed by atoms with E-state index in [0.29, 0.717) is 27.9 Å². The van der Waals surface area contributed by atoms with E-state index in [1.807, 2.05) is 6.92 Å². The highest BCUT2D eigenvalue weighted by molar-refractivity contribution is 8.00. The zero-order valence-electron chi connectivity index (χ0n) is 12.8. The molecule has 0 aliphatic rings. The molecule has 0 spiro atoms. The standard InChI is InChI=1S/C14H16N6OS/c1-8-5-12(20(4)19-8)18-13(21)7-22-14-11(6-15)9(2)16-10(3)17-14/h5H,7H2,1-4H3,(H,18,21). The molecular weight excluding hydrogens is 300 g/mol. The summed E-state index contributed by atoms with van der Waals surface area (Å²) in [4.78, 5) is 20.4. The van der Waals surface area contributed by atoms with Gasteiger partial charge in [0.05, 0.1) is 17.1 Å². The molecule has 114 valence electrons. The van der Waals surface area contributed by atoms with Crippen LogP contribution in [0.1, 0.15) is 22.8 Å². The Morgan fingerprint density at radius 2 is 2.14 bits per heavy atom. The van der Waals surface area contributed by atoms with Gasteiger partial charge in [-0.1, -0.05) is 11.8 Å². The zero-order valence-corrected chi connectivity index (χ0v) is 13.7. The molecule has 2 aromatic rings. The van der Waals surface area contributed by atoms with E-state index in [0.717, 1.165) is 5.69 Å². The van der Waals surface area contributed by atoms with Crippen LogP contribution in [0.25, 0.3) is 0 Å². The number of hydrogen-bond donors (Lipinski definition) is 1. The first-order chi connectivity index (χ1) is 10.4. The van der Waals surface area contributed by atoms with Gasteiger partial charge in [0.25, 0.3) is 0 Å². The quantitative estimate of drug-likeness (QED) is 0.681. The van der Waals surface area contributed by atoms with Gasteiger partial charge < -0.3 is 5.32 Å². The molecule has 0 unspecified atom stereocenters. The van der Waals surface area contributed by atoms with Crippen LogP contribution in [0.2, 0.25) is 0 Å². The molecule has 0 aliphatic carbocycles. The second-order valence-electron chi connectivity index (χ2n) is 4.78. The van der Waals surface area contributed by atoms with Gasteiger partial charge in [-0.2, -0.15) is 10.4 Å². The summed E-state index contributed by atoms with van der Waals surface area (Å²) < 4.78 is 1.61. The Bertz CT molecular complexity index is 761. The molecule has 7 nitrogen and oxygen atoms in total. The number of nitriles is 1. The third-order valence-corrected chi connectivity index (χ3v) is 3.87. The maximum Gasteiger partial charge on any atom is 0.235 e.